The van der Waals surface area contributed by atoms with Crippen molar-refractivity contribution in [3.8, 4) is 0 Å². The van der Waals surface area contributed by atoms with Crippen LogP contribution in [0.25, 0.3) is 5.52 Å². The fraction of sp³-hybridized carbons (Fsp3) is 0.118. The Morgan fingerprint density at radius 1 is 1.04 bits per heavy atom. The van der Waals surface area contributed by atoms with Crippen LogP contribution in [0.15, 0.2) is 54.9 Å². The van der Waals surface area contributed by atoms with Gasteiger partial charge in [-0.05, 0) is 48.9 Å². The van der Waals surface area contributed by atoms with Gasteiger partial charge in [-0.2, -0.15) is 0 Å². The van der Waals surface area contributed by atoms with E-state index in [4.69, 9.17) is 0 Å². The molecule has 2 N–H and O–H groups in total. The van der Waals surface area contributed by atoms with Gasteiger partial charge in [0.15, 0.2) is 0 Å². The predicted octanol–water partition coefficient (Wildman–Crippen LogP) is 2.87. The Labute approximate surface area is 140 Å². The molecule has 0 saturated heterocycles. The van der Waals surface area contributed by atoms with E-state index in [9.17, 15) is 13.2 Å². The third-order valence-electron chi connectivity index (χ3n) is 3.41. The van der Waals surface area contributed by atoms with Gasteiger partial charge in [-0.1, -0.05) is 6.07 Å². The summed E-state index contributed by atoms with van der Waals surface area (Å²) in [5, 5.41) is 2.77. The van der Waals surface area contributed by atoms with E-state index in [0.717, 1.165) is 17.3 Å². The zero-order valence-corrected chi connectivity index (χ0v) is 14.1. The van der Waals surface area contributed by atoms with Gasteiger partial charge in [-0.3, -0.25) is 9.52 Å². The first-order valence-electron chi connectivity index (χ1n) is 7.28. The van der Waals surface area contributed by atoms with Crippen LogP contribution < -0.4 is 10.0 Å². The number of amides is 1. The number of sulfonamides is 1. The van der Waals surface area contributed by atoms with Gasteiger partial charge < -0.3 is 9.72 Å². The molecule has 3 aromatic rings. The number of aromatic nitrogens is 1. The van der Waals surface area contributed by atoms with Gasteiger partial charge in [0.1, 0.15) is 0 Å². The normalized spacial score (nSPS) is 11.4. The van der Waals surface area contributed by atoms with Crippen molar-refractivity contribution in [3.05, 3.63) is 66.0 Å². The third kappa shape index (κ3) is 3.75. The average Bonchev–Trinajstić information content (AvgIpc) is 2.84. The maximum atomic E-state index is 12.4. The highest BCUT2D eigenvalue weighted by molar-refractivity contribution is 7.92. The van der Waals surface area contributed by atoms with Crippen LogP contribution in [0.3, 0.4) is 0 Å². The van der Waals surface area contributed by atoms with Crippen LogP contribution in [-0.2, 0) is 10.0 Å². The van der Waals surface area contributed by atoms with Gasteiger partial charge in [-0.15, -0.1) is 0 Å². The largest absolute Gasteiger partial charge is 0.323 e. The molecule has 1 amide bonds. The second kappa shape index (κ2) is 6.01. The third-order valence-corrected chi connectivity index (χ3v) is 4.02. The second-order valence-electron chi connectivity index (χ2n) is 5.68. The first-order chi connectivity index (χ1) is 11.3. The minimum Gasteiger partial charge on any atom is -0.323 e. The maximum absolute atomic E-state index is 12.4. The lowest BCUT2D eigenvalue weighted by Crippen LogP contribution is -2.13. The van der Waals surface area contributed by atoms with Crippen LogP contribution in [-0.4, -0.2) is 25.0 Å². The number of rotatable bonds is 4. The summed E-state index contributed by atoms with van der Waals surface area (Å²) in [6.07, 6.45) is 4.78. The molecule has 1 aromatic carbocycles. The van der Waals surface area contributed by atoms with Crippen molar-refractivity contribution >= 4 is 32.8 Å². The Kier molecular flexibility index (Phi) is 4.02. The highest BCUT2D eigenvalue weighted by Crippen LogP contribution is 2.17. The molecular formula is C17H17N3O3S. The van der Waals surface area contributed by atoms with E-state index in [0.29, 0.717) is 16.9 Å². The van der Waals surface area contributed by atoms with Crippen molar-refractivity contribution in [1.29, 1.82) is 0 Å². The van der Waals surface area contributed by atoms with Gasteiger partial charge in [0.05, 0.1) is 17.5 Å². The molecule has 0 radical (unpaired) electrons. The molecular weight excluding hydrogens is 326 g/mol. The fourth-order valence-electron chi connectivity index (χ4n) is 2.47. The topological polar surface area (TPSA) is 79.7 Å². The van der Waals surface area contributed by atoms with Crippen molar-refractivity contribution in [2.75, 3.05) is 16.3 Å². The summed E-state index contributed by atoms with van der Waals surface area (Å²) in [4.78, 5) is 12.4. The molecule has 0 bridgehead atoms. The minimum atomic E-state index is -3.36. The summed E-state index contributed by atoms with van der Waals surface area (Å²) < 4.78 is 26.8. The van der Waals surface area contributed by atoms with Crippen LogP contribution in [0.4, 0.5) is 11.4 Å². The molecule has 0 atom stereocenters. The fourth-order valence-corrected chi connectivity index (χ4v) is 3.02. The Balaban J connectivity index is 1.81. The monoisotopic (exact) mass is 343 g/mol. The molecule has 2 heterocycles. The van der Waals surface area contributed by atoms with E-state index < -0.39 is 10.0 Å². The smallest absolute Gasteiger partial charge is 0.257 e. The van der Waals surface area contributed by atoms with Crippen LogP contribution in [0.2, 0.25) is 0 Å². The number of nitrogens with zero attached hydrogens (tertiary/aromatic N) is 1. The number of hydrogen-bond acceptors (Lipinski definition) is 3. The van der Waals surface area contributed by atoms with E-state index in [2.05, 4.69) is 10.0 Å². The molecule has 24 heavy (non-hydrogen) atoms. The Bertz CT molecular complexity index is 1020. The summed E-state index contributed by atoms with van der Waals surface area (Å²) >= 11 is 0. The predicted molar refractivity (Wildman–Crippen MR) is 95.0 cm³/mol. The Hall–Kier alpha value is -2.80. The maximum Gasteiger partial charge on any atom is 0.257 e. The number of aryl methyl sites for hydroxylation is 1. The molecule has 2 aromatic heterocycles. The quantitative estimate of drug-likeness (QED) is 0.764. The first kappa shape index (κ1) is 16.1. The summed E-state index contributed by atoms with van der Waals surface area (Å²) in [6.45, 7) is 1.99. The number of benzene rings is 1. The molecule has 0 aliphatic carbocycles. The van der Waals surface area contributed by atoms with Crippen LogP contribution >= 0.6 is 0 Å². The van der Waals surface area contributed by atoms with Crippen molar-refractivity contribution < 1.29 is 13.2 Å². The van der Waals surface area contributed by atoms with E-state index >= 15 is 0 Å². The molecule has 0 unspecified atom stereocenters. The number of fused-ring (bicyclic) bond motifs is 1. The van der Waals surface area contributed by atoms with Crippen LogP contribution in [0.1, 0.15) is 15.9 Å². The second-order valence-corrected chi connectivity index (χ2v) is 7.42. The number of nitrogens with one attached hydrogen (secondary N) is 2. The summed E-state index contributed by atoms with van der Waals surface area (Å²) in [7, 11) is -3.36. The number of carbonyl (C=O) groups is 1. The van der Waals surface area contributed by atoms with Crippen molar-refractivity contribution in [2.45, 2.75) is 6.92 Å². The average molecular weight is 343 g/mol. The summed E-state index contributed by atoms with van der Waals surface area (Å²) in [6, 6.07) is 12.2. The lowest BCUT2D eigenvalue weighted by molar-refractivity contribution is 0.102. The molecule has 0 saturated carbocycles. The van der Waals surface area contributed by atoms with Crippen molar-refractivity contribution in [3.63, 3.8) is 0 Å². The zero-order chi connectivity index (χ0) is 17.3. The molecule has 0 aliphatic rings. The lowest BCUT2D eigenvalue weighted by atomic mass is 10.2. The molecule has 0 fully saturated rings. The SMILES string of the molecule is Cc1cc2ccc(C(=O)Nc3cccc(NS(C)(=O)=O)c3)cn2c1. The molecule has 0 spiro atoms. The van der Waals surface area contributed by atoms with E-state index in [1.807, 2.05) is 29.7 Å². The Morgan fingerprint density at radius 2 is 1.79 bits per heavy atom. The molecule has 7 heteroatoms. The van der Waals surface area contributed by atoms with Crippen molar-refractivity contribution in [2.24, 2.45) is 0 Å². The highest BCUT2D eigenvalue weighted by Gasteiger charge is 2.09. The van der Waals surface area contributed by atoms with Crippen LogP contribution in [0.5, 0.6) is 0 Å². The van der Waals surface area contributed by atoms with Gasteiger partial charge in [0.2, 0.25) is 10.0 Å². The molecule has 6 nitrogen and oxygen atoms in total. The molecule has 0 aliphatic heterocycles. The van der Waals surface area contributed by atoms with Gasteiger partial charge in [0.25, 0.3) is 5.91 Å². The number of hydrogen-bond donors (Lipinski definition) is 2. The highest BCUT2D eigenvalue weighted by atomic mass is 32.2. The van der Waals surface area contributed by atoms with Crippen molar-refractivity contribution in [1.82, 2.24) is 4.40 Å². The minimum absolute atomic E-state index is 0.264. The van der Waals surface area contributed by atoms with Gasteiger partial charge in [0, 0.05) is 23.6 Å². The van der Waals surface area contributed by atoms with E-state index in [1.165, 1.54) is 0 Å². The summed E-state index contributed by atoms with van der Waals surface area (Å²) in [5.41, 5.74) is 3.55. The standard InChI is InChI=1S/C17H17N3O3S/c1-12-8-16-7-6-13(11-20(16)10-12)17(21)18-14-4-3-5-15(9-14)19-24(2,22)23/h3-11,19H,1-2H3,(H,18,21). The molecule has 3 rings (SSSR count). The van der Waals surface area contributed by atoms with Gasteiger partial charge in [-0.25, -0.2) is 8.42 Å². The van der Waals surface area contributed by atoms with E-state index in [1.54, 1.807) is 36.5 Å². The summed E-state index contributed by atoms with van der Waals surface area (Å²) in [5.74, 6) is -0.264. The number of pyridine rings is 1. The Morgan fingerprint density at radius 3 is 2.54 bits per heavy atom. The van der Waals surface area contributed by atoms with Crippen LogP contribution in [0, 0.1) is 6.92 Å². The van der Waals surface area contributed by atoms with E-state index in [-0.39, 0.29) is 5.91 Å². The van der Waals surface area contributed by atoms with Gasteiger partial charge >= 0.3 is 0 Å². The lowest BCUT2D eigenvalue weighted by Gasteiger charge is -2.09. The zero-order valence-electron chi connectivity index (χ0n) is 13.3. The number of carbonyl (C=O) groups excluding carboxylic acids is 1. The molecule has 124 valence electrons. The first-order valence-corrected chi connectivity index (χ1v) is 9.17. The number of anilines is 2.